The van der Waals surface area contributed by atoms with Crippen molar-refractivity contribution in [2.45, 2.75) is 25.6 Å². The lowest BCUT2D eigenvalue weighted by Crippen LogP contribution is -2.15. The van der Waals surface area contributed by atoms with Crippen LogP contribution in [0, 0.1) is 0 Å². The third-order valence-corrected chi connectivity index (χ3v) is 2.60. The minimum Gasteiger partial charge on any atom is -0.497 e. The van der Waals surface area contributed by atoms with Crippen LogP contribution < -0.4 is 4.74 Å². The number of methoxy groups -OCH3 is 1. The lowest BCUT2D eigenvalue weighted by Gasteiger charge is -2.23. The predicted octanol–water partition coefficient (Wildman–Crippen LogP) is 3.10. The SMILES string of the molecule is COc1ccc([C@H]2C=CC[C@H](C)O2)cc1. The standard InChI is InChI=1S/C13H16O2/c1-10-4-3-5-13(15-10)11-6-8-12(14-2)9-7-11/h3,5-10,13H,4H2,1-2H3/t10-,13+/m0/s1. The van der Waals surface area contributed by atoms with Gasteiger partial charge >= 0.3 is 0 Å². The highest BCUT2D eigenvalue weighted by Gasteiger charge is 2.15. The van der Waals surface area contributed by atoms with Gasteiger partial charge in [-0.1, -0.05) is 24.3 Å². The molecule has 2 heteroatoms. The summed E-state index contributed by atoms with van der Waals surface area (Å²) in [6.45, 7) is 2.10. The highest BCUT2D eigenvalue weighted by molar-refractivity contribution is 5.30. The van der Waals surface area contributed by atoms with Crippen molar-refractivity contribution in [2.24, 2.45) is 0 Å². The molecule has 0 saturated heterocycles. The van der Waals surface area contributed by atoms with E-state index in [9.17, 15) is 0 Å². The second-order valence-corrected chi connectivity index (χ2v) is 3.80. The van der Waals surface area contributed by atoms with Gasteiger partial charge in [0.1, 0.15) is 11.9 Å². The van der Waals surface area contributed by atoms with Gasteiger partial charge in [0.25, 0.3) is 0 Å². The Labute approximate surface area is 90.5 Å². The number of hydrogen-bond acceptors (Lipinski definition) is 2. The van der Waals surface area contributed by atoms with Crippen molar-refractivity contribution in [3.8, 4) is 5.75 Å². The van der Waals surface area contributed by atoms with E-state index in [0.717, 1.165) is 12.2 Å². The van der Waals surface area contributed by atoms with Crippen LogP contribution in [0.1, 0.15) is 25.0 Å². The second-order valence-electron chi connectivity index (χ2n) is 3.80. The maximum atomic E-state index is 5.82. The number of hydrogen-bond donors (Lipinski definition) is 0. The summed E-state index contributed by atoms with van der Waals surface area (Å²) in [5.74, 6) is 0.881. The molecule has 1 heterocycles. The predicted molar refractivity (Wildman–Crippen MR) is 60.0 cm³/mol. The molecule has 2 atom stereocenters. The Hall–Kier alpha value is -1.28. The molecule has 1 aromatic carbocycles. The van der Waals surface area contributed by atoms with Crippen LogP contribution in [-0.2, 0) is 4.74 Å². The van der Waals surface area contributed by atoms with E-state index < -0.39 is 0 Å². The summed E-state index contributed by atoms with van der Waals surface area (Å²) < 4.78 is 10.9. The van der Waals surface area contributed by atoms with Gasteiger partial charge in [-0.15, -0.1) is 0 Å². The van der Waals surface area contributed by atoms with E-state index in [2.05, 4.69) is 19.1 Å². The Morgan fingerprint density at radius 2 is 2.00 bits per heavy atom. The molecule has 0 aromatic heterocycles. The highest BCUT2D eigenvalue weighted by Crippen LogP contribution is 2.27. The summed E-state index contributed by atoms with van der Waals surface area (Å²) in [5, 5.41) is 0. The van der Waals surface area contributed by atoms with Crippen molar-refractivity contribution in [3.63, 3.8) is 0 Å². The van der Waals surface area contributed by atoms with Crippen molar-refractivity contribution < 1.29 is 9.47 Å². The Kier molecular flexibility index (Phi) is 3.07. The summed E-state index contributed by atoms with van der Waals surface area (Å²) in [7, 11) is 1.67. The number of ether oxygens (including phenoxy) is 2. The lowest BCUT2D eigenvalue weighted by molar-refractivity contribution is 0.0165. The van der Waals surface area contributed by atoms with Gasteiger partial charge in [-0.2, -0.15) is 0 Å². The maximum Gasteiger partial charge on any atom is 0.118 e. The Morgan fingerprint density at radius 3 is 2.60 bits per heavy atom. The van der Waals surface area contributed by atoms with Crippen molar-refractivity contribution >= 4 is 0 Å². The molecule has 0 spiro atoms. The van der Waals surface area contributed by atoms with E-state index in [1.54, 1.807) is 7.11 Å². The van der Waals surface area contributed by atoms with E-state index in [-0.39, 0.29) is 6.10 Å². The number of rotatable bonds is 2. The zero-order chi connectivity index (χ0) is 10.7. The molecule has 80 valence electrons. The topological polar surface area (TPSA) is 18.5 Å². The van der Waals surface area contributed by atoms with Crippen LogP contribution in [0.3, 0.4) is 0 Å². The van der Waals surface area contributed by atoms with Crippen LogP contribution >= 0.6 is 0 Å². The minimum atomic E-state index is 0.0969. The molecule has 0 fully saturated rings. The zero-order valence-electron chi connectivity index (χ0n) is 9.14. The van der Waals surface area contributed by atoms with Crippen LogP contribution in [0.25, 0.3) is 0 Å². The average molecular weight is 204 g/mol. The molecule has 1 aliphatic heterocycles. The van der Waals surface area contributed by atoms with E-state index >= 15 is 0 Å². The molecule has 15 heavy (non-hydrogen) atoms. The van der Waals surface area contributed by atoms with Gasteiger partial charge in [0.15, 0.2) is 0 Å². The summed E-state index contributed by atoms with van der Waals surface area (Å²) in [5.41, 5.74) is 1.18. The summed E-state index contributed by atoms with van der Waals surface area (Å²) >= 11 is 0. The fourth-order valence-corrected chi connectivity index (χ4v) is 1.73. The number of benzene rings is 1. The molecule has 0 saturated carbocycles. The average Bonchev–Trinajstić information content (AvgIpc) is 2.29. The molecule has 0 N–H and O–H groups in total. The van der Waals surface area contributed by atoms with Gasteiger partial charge in [-0.25, -0.2) is 0 Å². The molecule has 2 rings (SSSR count). The lowest BCUT2D eigenvalue weighted by atomic mass is 10.1. The molecule has 1 aliphatic rings. The summed E-state index contributed by atoms with van der Waals surface area (Å²) in [6.07, 6.45) is 5.71. The molecular weight excluding hydrogens is 188 g/mol. The van der Waals surface area contributed by atoms with Crippen LogP contribution in [0.15, 0.2) is 36.4 Å². The molecular formula is C13H16O2. The molecule has 0 amide bonds. The first kappa shape index (κ1) is 10.2. The van der Waals surface area contributed by atoms with Gasteiger partial charge in [-0.05, 0) is 31.0 Å². The zero-order valence-corrected chi connectivity index (χ0v) is 9.14. The monoisotopic (exact) mass is 204 g/mol. The quantitative estimate of drug-likeness (QED) is 0.689. The van der Waals surface area contributed by atoms with Crippen molar-refractivity contribution in [3.05, 3.63) is 42.0 Å². The van der Waals surface area contributed by atoms with Crippen molar-refractivity contribution in [1.82, 2.24) is 0 Å². The maximum absolute atomic E-state index is 5.82. The fraction of sp³-hybridized carbons (Fsp3) is 0.385. The van der Waals surface area contributed by atoms with Gasteiger partial charge in [-0.3, -0.25) is 0 Å². The summed E-state index contributed by atoms with van der Waals surface area (Å²) in [4.78, 5) is 0. The third-order valence-electron chi connectivity index (χ3n) is 2.60. The largest absolute Gasteiger partial charge is 0.497 e. The molecule has 0 bridgehead atoms. The van der Waals surface area contributed by atoms with E-state index in [1.807, 2.05) is 24.3 Å². The fourth-order valence-electron chi connectivity index (χ4n) is 1.73. The first-order valence-electron chi connectivity index (χ1n) is 5.25. The minimum absolute atomic E-state index is 0.0969. The normalized spacial score (nSPS) is 25.2. The first-order valence-corrected chi connectivity index (χ1v) is 5.25. The van der Waals surface area contributed by atoms with Gasteiger partial charge < -0.3 is 9.47 Å². The van der Waals surface area contributed by atoms with E-state index in [1.165, 1.54) is 5.56 Å². The molecule has 0 radical (unpaired) electrons. The van der Waals surface area contributed by atoms with E-state index in [0.29, 0.717) is 6.10 Å². The molecule has 2 nitrogen and oxygen atoms in total. The Balaban J connectivity index is 2.15. The smallest absolute Gasteiger partial charge is 0.118 e. The van der Waals surface area contributed by atoms with Crippen LogP contribution in [0.5, 0.6) is 5.75 Å². The van der Waals surface area contributed by atoms with Gasteiger partial charge in [0.2, 0.25) is 0 Å². The first-order chi connectivity index (χ1) is 7.29. The van der Waals surface area contributed by atoms with E-state index in [4.69, 9.17) is 9.47 Å². The van der Waals surface area contributed by atoms with Crippen LogP contribution in [0.4, 0.5) is 0 Å². The highest BCUT2D eigenvalue weighted by atomic mass is 16.5. The Bertz CT molecular complexity index is 340. The van der Waals surface area contributed by atoms with Crippen molar-refractivity contribution in [1.29, 1.82) is 0 Å². The van der Waals surface area contributed by atoms with Gasteiger partial charge in [0, 0.05) is 0 Å². The third kappa shape index (κ3) is 2.39. The summed E-state index contributed by atoms with van der Waals surface area (Å²) in [6, 6.07) is 8.02. The molecule has 0 unspecified atom stereocenters. The van der Waals surface area contributed by atoms with Crippen LogP contribution in [0.2, 0.25) is 0 Å². The molecule has 1 aromatic rings. The Morgan fingerprint density at radius 1 is 1.27 bits per heavy atom. The van der Waals surface area contributed by atoms with Gasteiger partial charge in [0.05, 0.1) is 13.2 Å². The second kappa shape index (κ2) is 4.49. The van der Waals surface area contributed by atoms with Crippen molar-refractivity contribution in [2.75, 3.05) is 7.11 Å². The van der Waals surface area contributed by atoms with Crippen LogP contribution in [-0.4, -0.2) is 13.2 Å². The molecule has 0 aliphatic carbocycles.